The smallest absolute Gasteiger partial charge is 0.341 e. The van der Waals surface area contributed by atoms with Crippen LogP contribution in [-0.4, -0.2) is 37.0 Å². The fourth-order valence-electron chi connectivity index (χ4n) is 1.70. The molecule has 1 rings (SSSR count). The zero-order valence-electron chi connectivity index (χ0n) is 12.5. The van der Waals surface area contributed by atoms with Crippen molar-refractivity contribution in [1.29, 1.82) is 0 Å². The summed E-state index contributed by atoms with van der Waals surface area (Å²) in [4.78, 5) is 24.5. The molecule has 2 N–H and O–H groups in total. The molecule has 0 aliphatic carbocycles. The predicted molar refractivity (Wildman–Crippen MR) is 75.0 cm³/mol. The monoisotopic (exact) mass is 317 g/mol. The van der Waals surface area contributed by atoms with Crippen LogP contribution in [0.25, 0.3) is 0 Å². The van der Waals surface area contributed by atoms with Crippen LogP contribution in [0.15, 0.2) is 24.3 Å². The summed E-state index contributed by atoms with van der Waals surface area (Å²) in [7, 11) is 3.03. The highest BCUT2D eigenvalue weighted by Crippen LogP contribution is 2.29. The largest absolute Gasteiger partial charge is 0.416 e. The highest BCUT2D eigenvalue weighted by molar-refractivity contribution is 5.96. The normalized spacial score (nSPS) is 12.9. The molecule has 0 spiro atoms. The standard InChI is InChI=1S/C14H18F3N3O2/c1-9(12(21)19-13(22)18-2)20(3)8-10-4-6-11(7-5-10)14(15,16)17/h4-7,9H,8H2,1-3H3,(H2,18,19,21,22)/t9-/m1/s1. The molecule has 5 nitrogen and oxygen atoms in total. The minimum absolute atomic E-state index is 0.278. The van der Waals surface area contributed by atoms with Gasteiger partial charge in [-0.2, -0.15) is 13.2 Å². The number of rotatable bonds is 4. The second-order valence-electron chi connectivity index (χ2n) is 4.85. The lowest BCUT2D eigenvalue weighted by atomic mass is 10.1. The van der Waals surface area contributed by atoms with Crippen LogP contribution in [0, 0.1) is 0 Å². The van der Waals surface area contributed by atoms with Crippen molar-refractivity contribution in [3.8, 4) is 0 Å². The fourth-order valence-corrected chi connectivity index (χ4v) is 1.70. The van der Waals surface area contributed by atoms with Gasteiger partial charge in [-0.05, 0) is 31.7 Å². The summed E-state index contributed by atoms with van der Waals surface area (Å²) in [6, 6.07) is 3.50. The maximum absolute atomic E-state index is 12.5. The third-order valence-corrected chi connectivity index (χ3v) is 3.22. The van der Waals surface area contributed by atoms with E-state index in [0.717, 1.165) is 12.1 Å². The van der Waals surface area contributed by atoms with E-state index in [1.54, 1.807) is 18.9 Å². The average molecular weight is 317 g/mol. The number of alkyl halides is 3. The van der Waals surface area contributed by atoms with Gasteiger partial charge in [-0.25, -0.2) is 4.79 Å². The quantitative estimate of drug-likeness (QED) is 0.893. The van der Waals surface area contributed by atoms with Crippen LogP contribution in [0.3, 0.4) is 0 Å². The molecule has 0 aromatic heterocycles. The molecule has 0 radical (unpaired) electrons. The van der Waals surface area contributed by atoms with E-state index in [-0.39, 0.29) is 6.54 Å². The van der Waals surface area contributed by atoms with Crippen LogP contribution in [0.1, 0.15) is 18.1 Å². The van der Waals surface area contributed by atoms with E-state index in [1.807, 2.05) is 0 Å². The molecule has 0 unspecified atom stereocenters. The number of hydrogen-bond donors (Lipinski definition) is 2. The summed E-state index contributed by atoms with van der Waals surface area (Å²) in [5.74, 6) is -0.492. The predicted octanol–water partition coefficient (Wildman–Crippen LogP) is 1.98. The molecule has 0 heterocycles. The van der Waals surface area contributed by atoms with Gasteiger partial charge in [-0.1, -0.05) is 12.1 Å². The Hall–Kier alpha value is -2.09. The second-order valence-corrected chi connectivity index (χ2v) is 4.85. The zero-order valence-corrected chi connectivity index (χ0v) is 12.5. The van der Waals surface area contributed by atoms with Crippen LogP contribution >= 0.6 is 0 Å². The first-order chi connectivity index (χ1) is 10.1. The van der Waals surface area contributed by atoms with E-state index in [1.165, 1.54) is 19.2 Å². The molecule has 0 fully saturated rings. The molecular weight excluding hydrogens is 299 g/mol. The lowest BCUT2D eigenvalue weighted by molar-refractivity contribution is -0.137. The van der Waals surface area contributed by atoms with Crippen molar-refractivity contribution in [3.05, 3.63) is 35.4 Å². The lowest BCUT2D eigenvalue weighted by Crippen LogP contribution is -2.47. The van der Waals surface area contributed by atoms with Crippen molar-refractivity contribution >= 4 is 11.9 Å². The number of amides is 3. The number of nitrogens with zero attached hydrogens (tertiary/aromatic N) is 1. The number of benzene rings is 1. The number of urea groups is 1. The van der Waals surface area contributed by atoms with E-state index in [0.29, 0.717) is 5.56 Å². The number of likely N-dealkylation sites (N-methyl/N-ethyl adjacent to an activating group) is 1. The van der Waals surface area contributed by atoms with Crippen molar-refractivity contribution in [2.75, 3.05) is 14.1 Å². The van der Waals surface area contributed by atoms with Crippen molar-refractivity contribution in [2.24, 2.45) is 0 Å². The van der Waals surface area contributed by atoms with Crippen molar-refractivity contribution in [2.45, 2.75) is 25.7 Å². The molecule has 1 aromatic rings. The maximum atomic E-state index is 12.5. The van der Waals surface area contributed by atoms with Crippen molar-refractivity contribution in [3.63, 3.8) is 0 Å². The highest BCUT2D eigenvalue weighted by atomic mass is 19.4. The van der Waals surface area contributed by atoms with Gasteiger partial charge in [0.1, 0.15) is 0 Å². The van der Waals surface area contributed by atoms with Gasteiger partial charge in [0, 0.05) is 13.6 Å². The van der Waals surface area contributed by atoms with Crippen LogP contribution in [0.5, 0.6) is 0 Å². The Kier molecular flexibility index (Phi) is 5.92. The topological polar surface area (TPSA) is 61.4 Å². The fraction of sp³-hybridized carbons (Fsp3) is 0.429. The molecule has 122 valence electrons. The molecule has 0 saturated carbocycles. The van der Waals surface area contributed by atoms with E-state index in [4.69, 9.17) is 0 Å². The van der Waals surface area contributed by atoms with Gasteiger partial charge in [0.25, 0.3) is 0 Å². The summed E-state index contributed by atoms with van der Waals surface area (Å²) in [6.45, 7) is 1.88. The SMILES string of the molecule is CNC(=O)NC(=O)[C@@H](C)N(C)Cc1ccc(C(F)(F)F)cc1. The number of hydrogen-bond acceptors (Lipinski definition) is 3. The maximum Gasteiger partial charge on any atom is 0.416 e. The second kappa shape index (κ2) is 7.26. The van der Waals surface area contributed by atoms with Gasteiger partial charge >= 0.3 is 12.2 Å². The van der Waals surface area contributed by atoms with E-state index in [9.17, 15) is 22.8 Å². The van der Waals surface area contributed by atoms with Crippen molar-refractivity contribution < 1.29 is 22.8 Å². The average Bonchev–Trinajstić information content (AvgIpc) is 2.45. The molecule has 0 saturated heterocycles. The molecule has 1 atom stereocenters. The summed E-state index contributed by atoms with van der Waals surface area (Å²) in [5, 5.41) is 4.41. The summed E-state index contributed by atoms with van der Waals surface area (Å²) in [5.41, 5.74) is -0.0839. The first-order valence-electron chi connectivity index (χ1n) is 6.54. The van der Waals surface area contributed by atoms with Crippen LogP contribution in [0.2, 0.25) is 0 Å². The Bertz CT molecular complexity index is 529. The molecule has 3 amide bonds. The zero-order chi connectivity index (χ0) is 16.9. The summed E-state index contributed by atoms with van der Waals surface area (Å²) < 4.78 is 37.4. The Balaban J connectivity index is 2.66. The lowest BCUT2D eigenvalue weighted by Gasteiger charge is -2.23. The van der Waals surface area contributed by atoms with E-state index >= 15 is 0 Å². The Labute approximate surface area is 126 Å². The van der Waals surface area contributed by atoms with E-state index < -0.39 is 29.7 Å². The minimum Gasteiger partial charge on any atom is -0.341 e. The first-order valence-corrected chi connectivity index (χ1v) is 6.54. The molecule has 8 heteroatoms. The van der Waals surface area contributed by atoms with Crippen LogP contribution in [0.4, 0.5) is 18.0 Å². The van der Waals surface area contributed by atoms with Crippen LogP contribution in [-0.2, 0) is 17.5 Å². The number of nitrogens with one attached hydrogen (secondary N) is 2. The first kappa shape index (κ1) is 18.0. The van der Waals surface area contributed by atoms with Gasteiger partial charge in [-0.15, -0.1) is 0 Å². The van der Waals surface area contributed by atoms with E-state index in [2.05, 4.69) is 10.6 Å². The van der Waals surface area contributed by atoms with Crippen LogP contribution < -0.4 is 10.6 Å². The van der Waals surface area contributed by atoms with Gasteiger partial charge in [0.05, 0.1) is 11.6 Å². The van der Waals surface area contributed by atoms with Gasteiger partial charge < -0.3 is 5.32 Å². The third kappa shape index (κ3) is 5.03. The number of halogens is 3. The van der Waals surface area contributed by atoms with Crippen molar-refractivity contribution in [1.82, 2.24) is 15.5 Å². The van der Waals surface area contributed by atoms with Gasteiger partial charge in [-0.3, -0.25) is 15.0 Å². The molecule has 1 aromatic carbocycles. The Morgan fingerprint density at radius 1 is 1.23 bits per heavy atom. The number of carbonyl (C=O) groups is 2. The molecular formula is C14H18F3N3O2. The molecule has 22 heavy (non-hydrogen) atoms. The number of carbonyl (C=O) groups excluding carboxylic acids is 2. The third-order valence-electron chi connectivity index (χ3n) is 3.22. The molecule has 0 aliphatic rings. The number of imide groups is 1. The minimum atomic E-state index is -4.37. The Morgan fingerprint density at radius 2 is 1.77 bits per heavy atom. The molecule has 0 aliphatic heterocycles. The van der Waals surface area contributed by atoms with Gasteiger partial charge in [0.2, 0.25) is 5.91 Å². The van der Waals surface area contributed by atoms with Gasteiger partial charge in [0.15, 0.2) is 0 Å². The summed E-state index contributed by atoms with van der Waals surface area (Å²) >= 11 is 0. The highest BCUT2D eigenvalue weighted by Gasteiger charge is 2.30. The summed E-state index contributed by atoms with van der Waals surface area (Å²) in [6.07, 6.45) is -4.37. The Morgan fingerprint density at radius 3 is 2.23 bits per heavy atom. The molecule has 0 bridgehead atoms.